The van der Waals surface area contributed by atoms with E-state index in [-0.39, 0.29) is 5.91 Å². The van der Waals surface area contributed by atoms with Gasteiger partial charge in [-0.05, 0) is 59.5 Å². The molecule has 0 spiro atoms. The Hall–Kier alpha value is -2.36. The number of aryl methyl sites for hydroxylation is 1. The van der Waals surface area contributed by atoms with E-state index in [9.17, 15) is 4.79 Å². The number of amides is 1. The van der Waals surface area contributed by atoms with Crippen LogP contribution in [-0.4, -0.2) is 48.4 Å². The Kier molecular flexibility index (Phi) is 5.65. The van der Waals surface area contributed by atoms with E-state index in [0.717, 1.165) is 39.1 Å². The second-order valence-corrected chi connectivity index (χ2v) is 7.91. The van der Waals surface area contributed by atoms with E-state index < -0.39 is 0 Å². The van der Waals surface area contributed by atoms with Crippen LogP contribution in [0.5, 0.6) is 0 Å². The van der Waals surface area contributed by atoms with Crippen molar-refractivity contribution < 1.29 is 4.79 Å². The van der Waals surface area contributed by atoms with Crippen LogP contribution in [0.3, 0.4) is 0 Å². The van der Waals surface area contributed by atoms with E-state index in [2.05, 4.69) is 48.2 Å². The first-order valence-electron chi connectivity index (χ1n) is 9.86. The molecule has 3 aromatic carbocycles. The quantitative estimate of drug-likeness (QED) is 0.636. The number of rotatable bonds is 4. The van der Waals surface area contributed by atoms with Crippen molar-refractivity contribution in [1.29, 1.82) is 0 Å². The third-order valence-corrected chi connectivity index (χ3v) is 5.93. The molecule has 0 atom stereocenters. The van der Waals surface area contributed by atoms with E-state index in [1.165, 1.54) is 21.9 Å². The molecule has 0 saturated carbocycles. The molecule has 1 heterocycles. The Morgan fingerprint density at radius 1 is 0.893 bits per heavy atom. The fraction of sp³-hybridized carbons (Fsp3) is 0.292. The number of piperazine rings is 1. The van der Waals surface area contributed by atoms with Gasteiger partial charge < -0.3 is 4.90 Å². The second-order valence-electron chi connectivity index (χ2n) is 7.48. The first kappa shape index (κ1) is 19.0. The summed E-state index contributed by atoms with van der Waals surface area (Å²) in [5.74, 6) is 0.0980. The van der Waals surface area contributed by atoms with Gasteiger partial charge in [-0.15, -0.1) is 0 Å². The summed E-state index contributed by atoms with van der Waals surface area (Å²) in [5.41, 5.74) is 3.44. The van der Waals surface area contributed by atoms with E-state index in [4.69, 9.17) is 11.6 Å². The highest BCUT2D eigenvalue weighted by atomic mass is 35.5. The van der Waals surface area contributed by atoms with Gasteiger partial charge in [-0.25, -0.2) is 0 Å². The summed E-state index contributed by atoms with van der Waals surface area (Å²) in [6, 6.07) is 20.3. The summed E-state index contributed by atoms with van der Waals surface area (Å²) in [5, 5.41) is 3.36. The first-order chi connectivity index (χ1) is 13.6. The lowest BCUT2D eigenvalue weighted by atomic mass is 9.98. The predicted molar refractivity (Wildman–Crippen MR) is 116 cm³/mol. The van der Waals surface area contributed by atoms with Crippen LogP contribution in [-0.2, 0) is 6.42 Å². The highest BCUT2D eigenvalue weighted by molar-refractivity contribution is 6.30. The molecule has 3 nitrogen and oxygen atoms in total. The molecule has 0 aliphatic carbocycles. The summed E-state index contributed by atoms with van der Waals surface area (Å²) in [7, 11) is 0. The maximum absolute atomic E-state index is 12.6. The molecule has 0 radical (unpaired) electrons. The van der Waals surface area contributed by atoms with Crippen molar-refractivity contribution in [1.82, 2.24) is 9.80 Å². The molecule has 0 bridgehead atoms. The van der Waals surface area contributed by atoms with Gasteiger partial charge in [0.2, 0.25) is 0 Å². The molecule has 1 aliphatic heterocycles. The molecule has 1 amide bonds. The van der Waals surface area contributed by atoms with Gasteiger partial charge >= 0.3 is 0 Å². The lowest BCUT2D eigenvalue weighted by Crippen LogP contribution is -2.49. The van der Waals surface area contributed by atoms with Gasteiger partial charge in [0.1, 0.15) is 0 Å². The molecule has 1 fully saturated rings. The monoisotopic (exact) mass is 392 g/mol. The minimum Gasteiger partial charge on any atom is -0.336 e. The molecule has 1 aliphatic rings. The van der Waals surface area contributed by atoms with E-state index >= 15 is 0 Å². The van der Waals surface area contributed by atoms with Crippen molar-refractivity contribution in [2.24, 2.45) is 0 Å². The Bertz CT molecular complexity index is 976. The predicted octanol–water partition coefficient (Wildman–Crippen LogP) is 4.80. The third kappa shape index (κ3) is 4.06. The zero-order valence-electron chi connectivity index (χ0n) is 16.2. The van der Waals surface area contributed by atoms with Crippen molar-refractivity contribution in [2.45, 2.75) is 13.3 Å². The number of carbonyl (C=O) groups is 1. The van der Waals surface area contributed by atoms with Gasteiger partial charge in [-0.2, -0.15) is 0 Å². The third-order valence-electron chi connectivity index (χ3n) is 5.68. The van der Waals surface area contributed by atoms with Gasteiger partial charge in [-0.1, -0.05) is 48.0 Å². The van der Waals surface area contributed by atoms with Crippen molar-refractivity contribution in [3.63, 3.8) is 0 Å². The van der Waals surface area contributed by atoms with Gasteiger partial charge in [0.05, 0.1) is 0 Å². The average molecular weight is 393 g/mol. The molecule has 0 unspecified atom stereocenters. The number of hydrogen-bond donors (Lipinski definition) is 0. The number of benzene rings is 3. The maximum atomic E-state index is 12.6. The molecule has 3 aromatic rings. The molecule has 0 N–H and O–H groups in total. The highest BCUT2D eigenvalue weighted by Crippen LogP contribution is 2.23. The molecule has 1 saturated heterocycles. The summed E-state index contributed by atoms with van der Waals surface area (Å²) in [4.78, 5) is 17.0. The van der Waals surface area contributed by atoms with Crippen molar-refractivity contribution in [2.75, 3.05) is 32.7 Å². The Labute approximate surface area is 171 Å². The van der Waals surface area contributed by atoms with Gasteiger partial charge in [0, 0.05) is 43.3 Å². The fourth-order valence-corrected chi connectivity index (χ4v) is 4.08. The van der Waals surface area contributed by atoms with Crippen LogP contribution in [0, 0.1) is 6.92 Å². The fourth-order valence-electron chi connectivity index (χ4n) is 3.96. The largest absolute Gasteiger partial charge is 0.336 e. The zero-order valence-corrected chi connectivity index (χ0v) is 17.0. The molecule has 0 aromatic heterocycles. The van der Waals surface area contributed by atoms with Crippen LogP contribution in [0.15, 0.2) is 60.7 Å². The van der Waals surface area contributed by atoms with Crippen LogP contribution in [0.2, 0.25) is 5.02 Å². The number of carbonyl (C=O) groups excluding carboxylic acids is 1. The second kappa shape index (κ2) is 8.34. The summed E-state index contributed by atoms with van der Waals surface area (Å²) in [6.45, 7) is 6.58. The molecule has 4 heteroatoms. The van der Waals surface area contributed by atoms with Crippen LogP contribution in [0.25, 0.3) is 10.8 Å². The normalized spacial score (nSPS) is 15.1. The summed E-state index contributed by atoms with van der Waals surface area (Å²) in [6.07, 6.45) is 1.03. The van der Waals surface area contributed by atoms with Crippen LogP contribution in [0.4, 0.5) is 0 Å². The molecular formula is C24H25ClN2O. The van der Waals surface area contributed by atoms with Gasteiger partial charge in [-0.3, -0.25) is 9.69 Å². The Morgan fingerprint density at radius 3 is 2.29 bits per heavy atom. The minimum absolute atomic E-state index is 0.0980. The summed E-state index contributed by atoms with van der Waals surface area (Å²) < 4.78 is 0. The van der Waals surface area contributed by atoms with Gasteiger partial charge in [0.15, 0.2) is 0 Å². The molecule has 28 heavy (non-hydrogen) atoms. The first-order valence-corrected chi connectivity index (χ1v) is 10.2. The average Bonchev–Trinajstić information content (AvgIpc) is 2.74. The standard InChI is InChI=1S/C24H25ClN2O/c1-18-6-7-19(23-5-3-2-4-22(18)23)12-13-26-14-16-27(17-15-26)24(28)20-8-10-21(25)11-9-20/h2-11H,12-17H2,1H3. The smallest absolute Gasteiger partial charge is 0.253 e. The topological polar surface area (TPSA) is 23.6 Å². The number of hydrogen-bond acceptors (Lipinski definition) is 2. The zero-order chi connectivity index (χ0) is 19.5. The minimum atomic E-state index is 0.0980. The van der Waals surface area contributed by atoms with Crippen LogP contribution < -0.4 is 0 Å². The number of nitrogens with zero attached hydrogens (tertiary/aromatic N) is 2. The maximum Gasteiger partial charge on any atom is 0.253 e. The number of fused-ring (bicyclic) bond motifs is 1. The summed E-state index contributed by atoms with van der Waals surface area (Å²) >= 11 is 5.92. The highest BCUT2D eigenvalue weighted by Gasteiger charge is 2.22. The molecular weight excluding hydrogens is 368 g/mol. The Balaban J connectivity index is 1.35. The van der Waals surface area contributed by atoms with Crippen molar-refractivity contribution in [3.8, 4) is 0 Å². The van der Waals surface area contributed by atoms with Crippen LogP contribution >= 0.6 is 11.6 Å². The lowest BCUT2D eigenvalue weighted by Gasteiger charge is -2.35. The van der Waals surface area contributed by atoms with E-state index in [0.29, 0.717) is 10.6 Å². The number of halogens is 1. The van der Waals surface area contributed by atoms with Crippen molar-refractivity contribution >= 4 is 28.3 Å². The van der Waals surface area contributed by atoms with E-state index in [1.54, 1.807) is 24.3 Å². The SMILES string of the molecule is Cc1ccc(CCN2CCN(C(=O)c3ccc(Cl)cc3)CC2)c2ccccc12. The molecule has 4 rings (SSSR count). The van der Waals surface area contributed by atoms with Crippen LogP contribution in [0.1, 0.15) is 21.5 Å². The lowest BCUT2D eigenvalue weighted by molar-refractivity contribution is 0.0638. The Morgan fingerprint density at radius 2 is 1.57 bits per heavy atom. The molecule has 144 valence electrons. The van der Waals surface area contributed by atoms with Gasteiger partial charge in [0.25, 0.3) is 5.91 Å². The van der Waals surface area contributed by atoms with Crippen molar-refractivity contribution in [3.05, 3.63) is 82.4 Å². The van der Waals surface area contributed by atoms with E-state index in [1.807, 2.05) is 4.90 Å².